The molecule has 4 nitrogen and oxygen atoms in total. The third-order valence-corrected chi connectivity index (χ3v) is 4.71. The lowest BCUT2D eigenvalue weighted by Gasteiger charge is -2.23. The fourth-order valence-corrected chi connectivity index (χ4v) is 3.24. The summed E-state index contributed by atoms with van der Waals surface area (Å²) in [6.45, 7) is 13.7. The quantitative estimate of drug-likeness (QED) is 0.750. The lowest BCUT2D eigenvalue weighted by atomic mass is 9.86. The molecule has 1 atom stereocenters. The molecule has 1 amide bonds. The fraction of sp³-hybridized carbons (Fsp3) is 0.545. The molecule has 1 aromatic heterocycles. The Morgan fingerprint density at radius 1 is 1.15 bits per heavy atom. The summed E-state index contributed by atoms with van der Waals surface area (Å²) in [4.78, 5) is 18.8. The Kier molecular flexibility index (Phi) is 6.27. The van der Waals surface area contributed by atoms with Crippen molar-refractivity contribution in [3.8, 4) is 0 Å². The first-order valence-electron chi connectivity index (χ1n) is 9.47. The number of carbonyl (C=O) groups excluding carboxylic acids is 1. The van der Waals surface area contributed by atoms with Crippen LogP contribution in [0.25, 0.3) is 0 Å². The summed E-state index contributed by atoms with van der Waals surface area (Å²) < 4.78 is 1.66. The SMILES string of the molecule is CC(Cc1ccc(C(C)(C)C)cc1)CN(C)C(=O)n1ccnc1C(C)C. The predicted octanol–water partition coefficient (Wildman–Crippen LogP) is 5.08. The molecule has 2 aromatic rings. The minimum atomic E-state index is -0.0128. The standard InChI is InChI=1S/C22H33N3O/c1-16(2)20-23-12-13-25(20)21(26)24(7)15-17(3)14-18-8-10-19(11-9-18)22(4,5)6/h8-13,16-17H,14-15H2,1-7H3. The topological polar surface area (TPSA) is 38.1 Å². The Balaban J connectivity index is 1.97. The van der Waals surface area contributed by atoms with Gasteiger partial charge < -0.3 is 4.90 Å². The van der Waals surface area contributed by atoms with Crippen LogP contribution in [-0.4, -0.2) is 34.1 Å². The monoisotopic (exact) mass is 355 g/mol. The highest BCUT2D eigenvalue weighted by atomic mass is 16.2. The Hall–Kier alpha value is -2.10. The zero-order valence-electron chi connectivity index (χ0n) is 17.3. The molecule has 2 rings (SSSR count). The molecule has 0 saturated carbocycles. The van der Waals surface area contributed by atoms with E-state index in [0.717, 1.165) is 18.8 Å². The molecular weight excluding hydrogens is 322 g/mol. The van der Waals surface area contributed by atoms with E-state index < -0.39 is 0 Å². The zero-order chi connectivity index (χ0) is 19.5. The maximum Gasteiger partial charge on any atom is 0.329 e. The molecule has 0 spiro atoms. The number of aromatic nitrogens is 2. The first kappa shape index (κ1) is 20.2. The molecule has 0 bridgehead atoms. The number of hydrogen-bond acceptors (Lipinski definition) is 2. The van der Waals surface area contributed by atoms with Gasteiger partial charge in [-0.15, -0.1) is 0 Å². The van der Waals surface area contributed by atoms with E-state index in [0.29, 0.717) is 5.92 Å². The minimum absolute atomic E-state index is 0.0128. The van der Waals surface area contributed by atoms with Gasteiger partial charge in [-0.1, -0.05) is 65.8 Å². The van der Waals surface area contributed by atoms with E-state index in [9.17, 15) is 4.79 Å². The summed E-state index contributed by atoms with van der Waals surface area (Å²) in [6.07, 6.45) is 4.41. The van der Waals surface area contributed by atoms with Gasteiger partial charge in [0.2, 0.25) is 0 Å². The molecule has 0 fully saturated rings. The summed E-state index contributed by atoms with van der Waals surface area (Å²) >= 11 is 0. The van der Waals surface area contributed by atoms with Crippen LogP contribution in [0.2, 0.25) is 0 Å². The van der Waals surface area contributed by atoms with Crippen molar-refractivity contribution in [2.24, 2.45) is 5.92 Å². The van der Waals surface area contributed by atoms with Crippen molar-refractivity contribution in [1.29, 1.82) is 0 Å². The lowest BCUT2D eigenvalue weighted by molar-refractivity contribution is 0.202. The molecular formula is C22H33N3O. The molecule has 0 saturated heterocycles. The van der Waals surface area contributed by atoms with Gasteiger partial charge in [0, 0.05) is 31.9 Å². The number of carbonyl (C=O) groups is 1. The lowest BCUT2D eigenvalue weighted by Crippen LogP contribution is -2.35. The molecule has 0 aliphatic rings. The normalized spacial score (nSPS) is 13.1. The van der Waals surface area contributed by atoms with E-state index in [1.807, 2.05) is 7.05 Å². The van der Waals surface area contributed by atoms with Crippen LogP contribution in [0.1, 0.15) is 64.4 Å². The van der Waals surface area contributed by atoms with Gasteiger partial charge in [0.1, 0.15) is 5.82 Å². The van der Waals surface area contributed by atoms with Gasteiger partial charge in [-0.2, -0.15) is 0 Å². The van der Waals surface area contributed by atoms with E-state index in [2.05, 4.69) is 70.8 Å². The largest absolute Gasteiger partial charge is 0.329 e. The number of rotatable bonds is 5. The van der Waals surface area contributed by atoms with Gasteiger partial charge in [0.15, 0.2) is 0 Å². The number of imidazole rings is 1. The average molecular weight is 356 g/mol. The molecule has 142 valence electrons. The first-order valence-corrected chi connectivity index (χ1v) is 9.47. The number of hydrogen-bond donors (Lipinski definition) is 0. The maximum absolute atomic E-state index is 12.7. The first-order chi connectivity index (χ1) is 12.1. The second kappa shape index (κ2) is 8.07. The Morgan fingerprint density at radius 3 is 2.31 bits per heavy atom. The highest BCUT2D eigenvalue weighted by Crippen LogP contribution is 2.23. The highest BCUT2D eigenvalue weighted by molar-refractivity contribution is 5.77. The summed E-state index contributed by atoms with van der Waals surface area (Å²) in [6, 6.07) is 8.85. The van der Waals surface area contributed by atoms with Crippen molar-refractivity contribution >= 4 is 6.03 Å². The smallest absolute Gasteiger partial charge is 0.327 e. The molecule has 0 N–H and O–H groups in total. The highest BCUT2D eigenvalue weighted by Gasteiger charge is 2.19. The summed E-state index contributed by atoms with van der Waals surface area (Å²) in [5.41, 5.74) is 2.84. The fourth-order valence-electron chi connectivity index (χ4n) is 3.24. The van der Waals surface area contributed by atoms with E-state index >= 15 is 0 Å². The maximum atomic E-state index is 12.7. The average Bonchev–Trinajstić information content (AvgIpc) is 3.03. The van der Waals surface area contributed by atoms with Gasteiger partial charge >= 0.3 is 6.03 Å². The van der Waals surface area contributed by atoms with Gasteiger partial charge in [0.05, 0.1) is 0 Å². The summed E-state index contributed by atoms with van der Waals surface area (Å²) in [5.74, 6) is 1.42. The van der Waals surface area contributed by atoms with E-state index in [-0.39, 0.29) is 17.4 Å². The van der Waals surface area contributed by atoms with Crippen LogP contribution in [-0.2, 0) is 11.8 Å². The third-order valence-electron chi connectivity index (χ3n) is 4.71. The van der Waals surface area contributed by atoms with Gasteiger partial charge in [-0.25, -0.2) is 9.78 Å². The number of amides is 1. The second-order valence-corrected chi connectivity index (χ2v) is 8.73. The molecule has 0 aliphatic carbocycles. The Morgan fingerprint density at radius 2 is 1.77 bits per heavy atom. The molecule has 26 heavy (non-hydrogen) atoms. The molecule has 1 heterocycles. The predicted molar refractivity (Wildman–Crippen MR) is 108 cm³/mol. The molecule has 1 unspecified atom stereocenters. The summed E-state index contributed by atoms with van der Waals surface area (Å²) in [7, 11) is 1.87. The zero-order valence-corrected chi connectivity index (χ0v) is 17.3. The van der Waals surface area contributed by atoms with Crippen molar-refractivity contribution in [2.45, 2.75) is 59.3 Å². The molecule has 0 aliphatic heterocycles. The third kappa shape index (κ3) is 4.96. The molecule has 0 radical (unpaired) electrons. The van der Waals surface area contributed by atoms with Crippen LogP contribution in [0.15, 0.2) is 36.7 Å². The Labute approximate surface area is 158 Å². The molecule has 4 heteroatoms. The van der Waals surface area contributed by atoms with Crippen molar-refractivity contribution in [1.82, 2.24) is 14.5 Å². The van der Waals surface area contributed by atoms with Crippen LogP contribution in [0, 0.1) is 5.92 Å². The van der Waals surface area contributed by atoms with Gasteiger partial charge in [-0.3, -0.25) is 4.57 Å². The van der Waals surface area contributed by atoms with Crippen LogP contribution < -0.4 is 0 Å². The van der Waals surface area contributed by atoms with Gasteiger partial charge in [0.25, 0.3) is 0 Å². The van der Waals surface area contributed by atoms with E-state index in [1.165, 1.54) is 11.1 Å². The van der Waals surface area contributed by atoms with Crippen molar-refractivity contribution in [3.63, 3.8) is 0 Å². The molecule has 1 aromatic carbocycles. The van der Waals surface area contributed by atoms with Crippen molar-refractivity contribution in [3.05, 3.63) is 53.6 Å². The number of benzene rings is 1. The van der Waals surface area contributed by atoms with Crippen molar-refractivity contribution < 1.29 is 4.79 Å². The van der Waals surface area contributed by atoms with Crippen LogP contribution in [0.4, 0.5) is 4.79 Å². The minimum Gasteiger partial charge on any atom is -0.327 e. The van der Waals surface area contributed by atoms with Crippen LogP contribution >= 0.6 is 0 Å². The van der Waals surface area contributed by atoms with Gasteiger partial charge in [-0.05, 0) is 28.9 Å². The van der Waals surface area contributed by atoms with Crippen molar-refractivity contribution in [2.75, 3.05) is 13.6 Å². The van der Waals surface area contributed by atoms with Crippen LogP contribution in [0.5, 0.6) is 0 Å². The van der Waals surface area contributed by atoms with Crippen LogP contribution in [0.3, 0.4) is 0 Å². The number of nitrogens with zero attached hydrogens (tertiary/aromatic N) is 3. The Bertz CT molecular complexity index is 723. The summed E-state index contributed by atoms with van der Waals surface area (Å²) in [5, 5.41) is 0. The van der Waals surface area contributed by atoms with E-state index in [4.69, 9.17) is 0 Å². The second-order valence-electron chi connectivity index (χ2n) is 8.73. The van der Waals surface area contributed by atoms with E-state index in [1.54, 1.807) is 21.9 Å².